The Hall–Kier alpha value is -2.24. The van der Waals surface area contributed by atoms with Crippen LogP contribution in [0.15, 0.2) is 36.4 Å². The molecule has 0 aromatic heterocycles. The van der Waals surface area contributed by atoms with Gasteiger partial charge in [-0.2, -0.15) is 0 Å². The normalized spacial score (nSPS) is 15.7. The van der Waals surface area contributed by atoms with Gasteiger partial charge in [0, 0.05) is 13.1 Å². The summed E-state index contributed by atoms with van der Waals surface area (Å²) in [5.74, 6) is 3.20. The van der Waals surface area contributed by atoms with E-state index >= 15 is 0 Å². The zero-order valence-electron chi connectivity index (χ0n) is 20.4. The van der Waals surface area contributed by atoms with E-state index in [0.717, 1.165) is 62.9 Å². The van der Waals surface area contributed by atoms with E-state index in [9.17, 15) is 0 Å². The Kier molecular flexibility index (Phi) is 9.24. The zero-order valence-corrected chi connectivity index (χ0v) is 20.4. The highest BCUT2D eigenvalue weighted by atomic mass is 16.5. The third-order valence-corrected chi connectivity index (χ3v) is 6.19. The zero-order chi connectivity index (χ0) is 22.9. The van der Waals surface area contributed by atoms with Gasteiger partial charge in [0.05, 0.1) is 19.8 Å². The van der Waals surface area contributed by atoms with Crippen molar-refractivity contribution in [3.05, 3.63) is 53.1 Å². The van der Waals surface area contributed by atoms with E-state index in [-0.39, 0.29) is 6.04 Å². The molecule has 32 heavy (non-hydrogen) atoms. The standard InChI is InChI=1S/C27H40N2O3/c1-6-29(7-2)14-16-32-26-19-24-21(18-25(26)30-5)11-13-28-27(24)22-9-8-10-23(17-22)31-15-12-20(3)4/h8-10,17-20,27-28H,6-7,11-16H2,1-5H3. The number of nitrogens with one attached hydrogen (secondary N) is 1. The van der Waals surface area contributed by atoms with Crippen LogP contribution in [0.5, 0.6) is 17.2 Å². The van der Waals surface area contributed by atoms with Crippen molar-refractivity contribution in [2.24, 2.45) is 5.92 Å². The van der Waals surface area contributed by atoms with Gasteiger partial charge in [0.2, 0.25) is 0 Å². The van der Waals surface area contributed by atoms with E-state index < -0.39 is 0 Å². The third kappa shape index (κ3) is 6.39. The molecule has 1 N–H and O–H groups in total. The lowest BCUT2D eigenvalue weighted by molar-refractivity contribution is 0.217. The molecule has 0 saturated heterocycles. The fraction of sp³-hybridized carbons (Fsp3) is 0.556. The van der Waals surface area contributed by atoms with E-state index in [2.05, 4.69) is 68.2 Å². The van der Waals surface area contributed by atoms with Crippen molar-refractivity contribution in [3.8, 4) is 17.2 Å². The van der Waals surface area contributed by atoms with Crippen LogP contribution in [0.3, 0.4) is 0 Å². The highest BCUT2D eigenvalue weighted by Gasteiger charge is 2.24. The highest BCUT2D eigenvalue weighted by Crippen LogP contribution is 2.38. The lowest BCUT2D eigenvalue weighted by Crippen LogP contribution is -2.31. The van der Waals surface area contributed by atoms with Gasteiger partial charge in [-0.05, 0) is 72.8 Å². The summed E-state index contributed by atoms with van der Waals surface area (Å²) in [5.41, 5.74) is 3.79. The Morgan fingerprint density at radius 1 is 1.03 bits per heavy atom. The molecule has 176 valence electrons. The Labute approximate surface area is 194 Å². The molecule has 2 aromatic rings. The number of methoxy groups -OCH3 is 1. The molecule has 1 aliphatic heterocycles. The number of hydrogen-bond donors (Lipinski definition) is 1. The second-order valence-corrected chi connectivity index (χ2v) is 8.82. The summed E-state index contributed by atoms with van der Waals surface area (Å²) in [6.45, 7) is 14.1. The maximum absolute atomic E-state index is 6.19. The topological polar surface area (TPSA) is 43.0 Å². The Morgan fingerprint density at radius 2 is 1.84 bits per heavy atom. The van der Waals surface area contributed by atoms with Crippen LogP contribution < -0.4 is 19.5 Å². The van der Waals surface area contributed by atoms with Crippen LogP contribution in [0.25, 0.3) is 0 Å². The first-order valence-corrected chi connectivity index (χ1v) is 12.1. The Bertz CT molecular complexity index is 849. The molecule has 1 aliphatic rings. The summed E-state index contributed by atoms with van der Waals surface area (Å²) in [6.07, 6.45) is 2.04. The minimum absolute atomic E-state index is 0.114. The maximum atomic E-state index is 6.19. The quantitative estimate of drug-likeness (QED) is 0.499. The van der Waals surface area contributed by atoms with Crippen molar-refractivity contribution in [2.75, 3.05) is 46.5 Å². The smallest absolute Gasteiger partial charge is 0.161 e. The molecule has 0 amide bonds. The molecule has 1 unspecified atom stereocenters. The summed E-state index contributed by atoms with van der Waals surface area (Å²) in [5, 5.41) is 3.69. The second kappa shape index (κ2) is 12.1. The lowest BCUT2D eigenvalue weighted by atomic mass is 9.89. The average molecular weight is 441 g/mol. The summed E-state index contributed by atoms with van der Waals surface area (Å²) in [4.78, 5) is 2.36. The van der Waals surface area contributed by atoms with Crippen LogP contribution in [-0.2, 0) is 6.42 Å². The van der Waals surface area contributed by atoms with Gasteiger partial charge in [0.25, 0.3) is 0 Å². The van der Waals surface area contributed by atoms with Crippen LogP contribution in [-0.4, -0.2) is 51.4 Å². The Morgan fingerprint density at radius 3 is 2.56 bits per heavy atom. The van der Waals surface area contributed by atoms with Crippen molar-refractivity contribution in [1.29, 1.82) is 0 Å². The number of rotatable bonds is 12. The first-order valence-electron chi connectivity index (χ1n) is 12.1. The minimum Gasteiger partial charge on any atom is -0.494 e. The average Bonchev–Trinajstić information content (AvgIpc) is 2.81. The largest absolute Gasteiger partial charge is 0.494 e. The van der Waals surface area contributed by atoms with Gasteiger partial charge in [-0.1, -0.05) is 39.8 Å². The van der Waals surface area contributed by atoms with E-state index in [1.165, 1.54) is 16.7 Å². The van der Waals surface area contributed by atoms with Gasteiger partial charge < -0.3 is 24.4 Å². The van der Waals surface area contributed by atoms with Crippen molar-refractivity contribution in [2.45, 2.75) is 46.6 Å². The van der Waals surface area contributed by atoms with Gasteiger partial charge in [-0.3, -0.25) is 0 Å². The summed E-state index contributed by atoms with van der Waals surface area (Å²) in [7, 11) is 1.72. The second-order valence-electron chi connectivity index (χ2n) is 8.82. The van der Waals surface area contributed by atoms with Crippen molar-refractivity contribution < 1.29 is 14.2 Å². The molecule has 3 rings (SSSR count). The summed E-state index contributed by atoms with van der Waals surface area (Å²) < 4.78 is 17.9. The molecule has 5 nitrogen and oxygen atoms in total. The SMILES string of the molecule is CCN(CC)CCOc1cc2c(cc1OC)CCNC2c1cccc(OCCC(C)C)c1. The predicted octanol–water partition coefficient (Wildman–Crippen LogP) is 5.08. The van der Waals surface area contributed by atoms with Crippen LogP contribution >= 0.6 is 0 Å². The lowest BCUT2D eigenvalue weighted by Gasteiger charge is -2.29. The fourth-order valence-electron chi connectivity index (χ4n) is 4.15. The van der Waals surface area contributed by atoms with Crippen molar-refractivity contribution >= 4 is 0 Å². The van der Waals surface area contributed by atoms with Crippen LogP contribution in [0.1, 0.15) is 56.8 Å². The minimum atomic E-state index is 0.114. The van der Waals surface area contributed by atoms with Gasteiger partial charge in [-0.25, -0.2) is 0 Å². The first-order chi connectivity index (χ1) is 15.5. The van der Waals surface area contributed by atoms with Crippen LogP contribution in [0.4, 0.5) is 0 Å². The molecule has 1 atom stereocenters. The molecule has 0 bridgehead atoms. The Balaban J connectivity index is 1.80. The molecular weight excluding hydrogens is 400 g/mol. The predicted molar refractivity (Wildman–Crippen MR) is 131 cm³/mol. The van der Waals surface area contributed by atoms with E-state index in [4.69, 9.17) is 14.2 Å². The maximum Gasteiger partial charge on any atom is 0.161 e. The molecule has 0 aliphatic carbocycles. The van der Waals surface area contributed by atoms with Crippen LogP contribution in [0, 0.1) is 5.92 Å². The number of likely N-dealkylation sites (N-methyl/N-ethyl adjacent to an activating group) is 1. The molecule has 0 radical (unpaired) electrons. The van der Waals surface area contributed by atoms with Crippen molar-refractivity contribution in [1.82, 2.24) is 10.2 Å². The third-order valence-electron chi connectivity index (χ3n) is 6.19. The molecular formula is C27H40N2O3. The monoisotopic (exact) mass is 440 g/mol. The van der Waals surface area contributed by atoms with Crippen molar-refractivity contribution in [3.63, 3.8) is 0 Å². The number of fused-ring (bicyclic) bond motifs is 1. The van der Waals surface area contributed by atoms with Gasteiger partial charge in [0.1, 0.15) is 12.4 Å². The molecule has 0 fully saturated rings. The number of ether oxygens (including phenoxy) is 3. The van der Waals surface area contributed by atoms with E-state index in [0.29, 0.717) is 12.5 Å². The summed E-state index contributed by atoms with van der Waals surface area (Å²) >= 11 is 0. The highest BCUT2D eigenvalue weighted by molar-refractivity contribution is 5.52. The molecule has 5 heteroatoms. The first kappa shape index (κ1) is 24.4. The van der Waals surface area contributed by atoms with E-state index in [1.54, 1.807) is 7.11 Å². The number of benzene rings is 2. The van der Waals surface area contributed by atoms with Gasteiger partial charge in [-0.15, -0.1) is 0 Å². The molecule has 2 aromatic carbocycles. The van der Waals surface area contributed by atoms with E-state index in [1.807, 2.05) is 6.07 Å². The molecule has 0 saturated carbocycles. The fourth-order valence-corrected chi connectivity index (χ4v) is 4.15. The molecule has 0 spiro atoms. The number of nitrogens with zero attached hydrogens (tertiary/aromatic N) is 1. The van der Waals surface area contributed by atoms with Gasteiger partial charge >= 0.3 is 0 Å². The van der Waals surface area contributed by atoms with Crippen LogP contribution in [0.2, 0.25) is 0 Å². The molecule has 1 heterocycles. The van der Waals surface area contributed by atoms with Gasteiger partial charge in [0.15, 0.2) is 11.5 Å². The number of hydrogen-bond acceptors (Lipinski definition) is 5. The summed E-state index contributed by atoms with van der Waals surface area (Å²) in [6, 6.07) is 12.9.